The molecule has 0 aromatic carbocycles. The molecule has 0 saturated heterocycles. The second-order valence-corrected chi connectivity index (χ2v) is 6.65. The van der Waals surface area contributed by atoms with Gasteiger partial charge in [-0.05, 0) is 32.3 Å². The fourth-order valence-corrected chi connectivity index (χ4v) is 3.78. The van der Waals surface area contributed by atoms with Gasteiger partial charge in [-0.2, -0.15) is 0 Å². The maximum atomic E-state index is 12.5. The molecular formula is C15H20O4. The topological polar surface area (TPSA) is 77.8 Å². The van der Waals surface area contributed by atoms with Crippen LogP contribution in [0.4, 0.5) is 0 Å². The van der Waals surface area contributed by atoms with E-state index < -0.39 is 22.5 Å². The minimum Gasteiger partial charge on any atom is -0.395 e. The lowest BCUT2D eigenvalue weighted by molar-refractivity contribution is -0.138. The molecule has 3 rings (SSSR count). The highest BCUT2D eigenvalue weighted by Gasteiger charge is 2.66. The molecule has 1 fully saturated rings. The molecule has 0 aliphatic heterocycles. The van der Waals surface area contributed by atoms with E-state index in [1.807, 2.05) is 6.92 Å². The van der Waals surface area contributed by atoms with Gasteiger partial charge in [0.1, 0.15) is 5.60 Å². The van der Waals surface area contributed by atoms with Gasteiger partial charge in [0.2, 0.25) is 0 Å². The summed E-state index contributed by atoms with van der Waals surface area (Å²) in [4.78, 5) is 12.5. The minimum absolute atomic E-state index is 0.225. The van der Waals surface area contributed by atoms with Gasteiger partial charge in [-0.3, -0.25) is 4.79 Å². The highest BCUT2D eigenvalue weighted by molar-refractivity contribution is 6.09. The second kappa shape index (κ2) is 3.37. The van der Waals surface area contributed by atoms with Crippen LogP contribution in [0.5, 0.6) is 0 Å². The molecule has 1 spiro atoms. The first-order chi connectivity index (χ1) is 8.71. The third-order valence-electron chi connectivity index (χ3n) is 5.49. The quantitative estimate of drug-likeness (QED) is 0.652. The summed E-state index contributed by atoms with van der Waals surface area (Å²) in [5.41, 5.74) is -0.800. The maximum Gasteiger partial charge on any atom is 0.195 e. The van der Waals surface area contributed by atoms with Crippen LogP contribution in [-0.2, 0) is 4.79 Å². The van der Waals surface area contributed by atoms with Crippen LogP contribution < -0.4 is 0 Å². The summed E-state index contributed by atoms with van der Waals surface area (Å²) in [5.74, 6) is -0.318. The number of carbonyl (C=O) groups is 1. The summed E-state index contributed by atoms with van der Waals surface area (Å²) in [5, 5.41) is 30.6. The lowest BCUT2D eigenvalue weighted by Gasteiger charge is -2.39. The first-order valence-electron chi connectivity index (χ1n) is 6.72. The Labute approximate surface area is 112 Å². The number of aliphatic hydroxyl groups excluding tert-OH is 2. The van der Waals surface area contributed by atoms with Crippen molar-refractivity contribution in [2.75, 3.05) is 6.61 Å². The van der Waals surface area contributed by atoms with Crippen molar-refractivity contribution in [1.82, 2.24) is 0 Å². The molecule has 0 bridgehead atoms. The van der Waals surface area contributed by atoms with Crippen molar-refractivity contribution in [1.29, 1.82) is 0 Å². The fourth-order valence-electron chi connectivity index (χ4n) is 3.78. The summed E-state index contributed by atoms with van der Waals surface area (Å²) >= 11 is 0. The second-order valence-electron chi connectivity index (χ2n) is 6.65. The van der Waals surface area contributed by atoms with E-state index in [1.54, 1.807) is 19.9 Å². The van der Waals surface area contributed by atoms with E-state index in [1.165, 1.54) is 0 Å². The van der Waals surface area contributed by atoms with Gasteiger partial charge in [0.05, 0.1) is 12.7 Å². The fraction of sp³-hybridized carbons (Fsp3) is 0.667. The van der Waals surface area contributed by atoms with Gasteiger partial charge in [0.25, 0.3) is 0 Å². The number of rotatable bonds is 1. The van der Waals surface area contributed by atoms with Crippen molar-refractivity contribution in [3.63, 3.8) is 0 Å². The number of hydrogen-bond donors (Lipinski definition) is 3. The predicted octanol–water partition coefficient (Wildman–Crippen LogP) is 0.716. The van der Waals surface area contributed by atoms with Gasteiger partial charge in [-0.25, -0.2) is 0 Å². The molecule has 3 atom stereocenters. The predicted molar refractivity (Wildman–Crippen MR) is 69.3 cm³/mol. The van der Waals surface area contributed by atoms with Crippen LogP contribution >= 0.6 is 0 Å². The molecule has 3 aliphatic rings. The van der Waals surface area contributed by atoms with E-state index in [0.717, 1.165) is 18.4 Å². The van der Waals surface area contributed by atoms with Crippen LogP contribution in [0, 0.1) is 10.8 Å². The van der Waals surface area contributed by atoms with Gasteiger partial charge >= 0.3 is 0 Å². The van der Waals surface area contributed by atoms with E-state index in [9.17, 15) is 20.1 Å². The molecule has 0 radical (unpaired) electrons. The Bertz CT molecular complexity index is 536. The van der Waals surface area contributed by atoms with Crippen molar-refractivity contribution in [3.8, 4) is 0 Å². The normalized spacial score (nSPS) is 43.6. The zero-order valence-corrected chi connectivity index (χ0v) is 11.5. The van der Waals surface area contributed by atoms with Crippen LogP contribution in [0.3, 0.4) is 0 Å². The van der Waals surface area contributed by atoms with Gasteiger partial charge in [-0.1, -0.05) is 18.6 Å². The van der Waals surface area contributed by atoms with Crippen molar-refractivity contribution in [3.05, 3.63) is 22.8 Å². The Balaban J connectivity index is 2.25. The van der Waals surface area contributed by atoms with Gasteiger partial charge in [0, 0.05) is 16.4 Å². The third-order valence-corrected chi connectivity index (χ3v) is 5.49. The summed E-state index contributed by atoms with van der Waals surface area (Å²) in [6, 6.07) is 0. The SMILES string of the molecule is CC1=C2C(=C[C@](C)(CO)[C@@H]2O)C(=O)[C@](C)(O)C12CC2. The molecule has 0 aromatic heterocycles. The highest BCUT2D eigenvalue weighted by atomic mass is 16.3. The molecule has 4 heteroatoms. The van der Waals surface area contributed by atoms with Crippen molar-refractivity contribution >= 4 is 5.78 Å². The Morgan fingerprint density at radius 3 is 2.42 bits per heavy atom. The molecule has 19 heavy (non-hydrogen) atoms. The van der Waals surface area contributed by atoms with E-state index in [2.05, 4.69) is 0 Å². The molecule has 104 valence electrons. The molecule has 0 unspecified atom stereocenters. The average molecular weight is 264 g/mol. The molecule has 0 heterocycles. The molecule has 4 nitrogen and oxygen atoms in total. The minimum atomic E-state index is -1.40. The van der Waals surface area contributed by atoms with E-state index in [0.29, 0.717) is 11.1 Å². The molecule has 0 aromatic rings. The standard InChI is InChI=1S/C15H20O4/c1-8-10-9(6-13(2,7-16)12(10)18)11(17)14(3,19)15(8)4-5-15/h6,12,16,18-19H,4-5,7H2,1-3H3/t12-,13-,14+/m1/s1. The summed E-state index contributed by atoms with van der Waals surface area (Å²) in [7, 11) is 0. The Morgan fingerprint density at radius 2 is 1.95 bits per heavy atom. The summed E-state index contributed by atoms with van der Waals surface area (Å²) in [6.45, 7) is 4.97. The first-order valence-corrected chi connectivity index (χ1v) is 6.72. The van der Waals surface area contributed by atoms with E-state index >= 15 is 0 Å². The highest BCUT2D eigenvalue weighted by Crippen LogP contribution is 2.65. The monoisotopic (exact) mass is 264 g/mol. The summed E-state index contributed by atoms with van der Waals surface area (Å²) < 4.78 is 0. The number of aliphatic hydroxyl groups is 3. The number of ketones is 1. The number of Topliss-reactive ketones (excluding diaryl/α,β-unsaturated/α-hetero) is 1. The van der Waals surface area contributed by atoms with Crippen LogP contribution in [-0.4, -0.2) is 39.4 Å². The van der Waals surface area contributed by atoms with Crippen LogP contribution in [0.2, 0.25) is 0 Å². The van der Waals surface area contributed by atoms with E-state index in [-0.39, 0.29) is 12.4 Å². The Morgan fingerprint density at radius 1 is 1.37 bits per heavy atom. The zero-order valence-electron chi connectivity index (χ0n) is 11.5. The molecular weight excluding hydrogens is 244 g/mol. The maximum absolute atomic E-state index is 12.5. The number of carbonyl (C=O) groups excluding carboxylic acids is 1. The zero-order chi connectivity index (χ0) is 14.2. The van der Waals surface area contributed by atoms with Crippen molar-refractivity contribution in [2.24, 2.45) is 10.8 Å². The third kappa shape index (κ3) is 1.27. The number of fused-ring (bicyclic) bond motifs is 1. The van der Waals surface area contributed by atoms with Crippen molar-refractivity contribution < 1.29 is 20.1 Å². The van der Waals surface area contributed by atoms with E-state index in [4.69, 9.17) is 0 Å². The van der Waals surface area contributed by atoms with Gasteiger partial charge in [-0.15, -0.1) is 0 Å². The van der Waals surface area contributed by atoms with Gasteiger partial charge in [0.15, 0.2) is 5.78 Å². The average Bonchev–Trinajstić information content (AvgIpc) is 3.12. The van der Waals surface area contributed by atoms with Crippen LogP contribution in [0.1, 0.15) is 33.6 Å². The number of hydrogen-bond acceptors (Lipinski definition) is 4. The first kappa shape index (κ1) is 13.0. The molecule has 3 aliphatic carbocycles. The van der Waals surface area contributed by atoms with Crippen LogP contribution in [0.25, 0.3) is 0 Å². The van der Waals surface area contributed by atoms with Crippen LogP contribution in [0.15, 0.2) is 22.8 Å². The Hall–Kier alpha value is -0.970. The Kier molecular flexibility index (Phi) is 2.31. The van der Waals surface area contributed by atoms with Crippen molar-refractivity contribution in [2.45, 2.75) is 45.3 Å². The summed E-state index contributed by atoms with van der Waals surface area (Å²) in [6.07, 6.45) is 2.31. The lowest BCUT2D eigenvalue weighted by atomic mass is 9.67. The largest absolute Gasteiger partial charge is 0.395 e. The van der Waals surface area contributed by atoms with Gasteiger partial charge < -0.3 is 15.3 Å². The lowest BCUT2D eigenvalue weighted by Crippen LogP contribution is -2.50. The smallest absolute Gasteiger partial charge is 0.195 e. The molecule has 0 amide bonds. The molecule has 3 N–H and O–H groups in total. The molecule has 1 saturated carbocycles.